The summed E-state index contributed by atoms with van der Waals surface area (Å²) in [6.07, 6.45) is -6.48. The summed E-state index contributed by atoms with van der Waals surface area (Å²) < 4.78 is 79.9. The third-order valence-electron chi connectivity index (χ3n) is 6.15. The molecule has 6 nitrogen and oxygen atoms in total. The number of nitrogens with two attached hydrogens (primary N) is 1. The zero-order chi connectivity index (χ0) is 25.3. The number of benzene rings is 1. The summed E-state index contributed by atoms with van der Waals surface area (Å²) in [5.41, 5.74) is 3.32. The van der Waals surface area contributed by atoms with Crippen molar-refractivity contribution >= 4 is 11.7 Å². The van der Waals surface area contributed by atoms with E-state index in [1.165, 1.54) is 20.8 Å². The molecule has 0 unspecified atom stereocenters. The van der Waals surface area contributed by atoms with Gasteiger partial charge >= 0.3 is 6.18 Å². The number of methoxy groups -OCH3 is 1. The lowest BCUT2D eigenvalue weighted by Crippen LogP contribution is -2.47. The number of ether oxygens (including phenoxy) is 2. The number of amides is 1. The number of carbonyl (C=O) groups excluding carboxylic acids is 2. The number of nitrogens with one attached hydrogen (secondary N) is 1. The molecule has 0 saturated carbocycles. The van der Waals surface area contributed by atoms with Gasteiger partial charge in [0.1, 0.15) is 6.10 Å². The molecule has 0 bridgehead atoms. The summed E-state index contributed by atoms with van der Waals surface area (Å²) in [4.78, 5) is 24.6. The van der Waals surface area contributed by atoms with Crippen molar-refractivity contribution in [2.45, 2.75) is 57.9 Å². The summed E-state index contributed by atoms with van der Waals surface area (Å²) in [6.45, 7) is 4.75. The van der Waals surface area contributed by atoms with Gasteiger partial charge in [0, 0.05) is 35.2 Å². The summed E-state index contributed by atoms with van der Waals surface area (Å²) in [6, 6.07) is 1.84. The maximum absolute atomic E-state index is 14.3. The maximum atomic E-state index is 14.3. The lowest BCUT2D eigenvalue weighted by Gasteiger charge is -2.32. The van der Waals surface area contributed by atoms with Crippen molar-refractivity contribution in [2.75, 3.05) is 13.7 Å². The third-order valence-corrected chi connectivity index (χ3v) is 6.15. The number of ketones is 1. The van der Waals surface area contributed by atoms with Gasteiger partial charge in [0.25, 0.3) is 0 Å². The number of hydrogen-bond donors (Lipinski definition) is 2. The van der Waals surface area contributed by atoms with Gasteiger partial charge in [-0.05, 0) is 33.3 Å². The molecular weight excluding hydrogens is 451 g/mol. The van der Waals surface area contributed by atoms with Crippen LogP contribution in [0.15, 0.2) is 23.4 Å². The van der Waals surface area contributed by atoms with Crippen LogP contribution in [-0.4, -0.2) is 43.2 Å². The molecule has 3 N–H and O–H groups in total. The molecular formula is C22H27F5N2O4. The van der Waals surface area contributed by atoms with Crippen molar-refractivity contribution in [3.8, 4) is 5.75 Å². The van der Waals surface area contributed by atoms with E-state index >= 15 is 0 Å². The first-order chi connectivity index (χ1) is 15.2. The predicted octanol–water partition coefficient (Wildman–Crippen LogP) is 3.74. The van der Waals surface area contributed by atoms with Gasteiger partial charge in [-0.3, -0.25) is 9.59 Å². The van der Waals surface area contributed by atoms with Gasteiger partial charge in [-0.1, -0.05) is 13.0 Å². The molecule has 0 spiro atoms. The van der Waals surface area contributed by atoms with E-state index < -0.39 is 53.0 Å². The molecule has 11 heteroatoms. The van der Waals surface area contributed by atoms with Crippen LogP contribution in [0.1, 0.15) is 45.6 Å². The average molecular weight is 478 g/mol. The Balaban J connectivity index is 2.44. The molecule has 1 aliphatic rings. The van der Waals surface area contributed by atoms with Crippen LogP contribution >= 0.6 is 0 Å². The normalized spacial score (nSPS) is 26.1. The lowest BCUT2D eigenvalue weighted by atomic mass is 9.77. The molecule has 0 aliphatic carbocycles. The smallest absolute Gasteiger partial charge is 0.417 e. The minimum Gasteiger partial charge on any atom is -0.493 e. The highest BCUT2D eigenvalue weighted by molar-refractivity contribution is 5.94. The molecule has 1 aromatic carbocycles. The molecule has 4 atom stereocenters. The molecule has 1 amide bonds. The number of rotatable bonds is 7. The summed E-state index contributed by atoms with van der Waals surface area (Å²) in [5, 5.41) is 2.46. The van der Waals surface area contributed by atoms with Crippen molar-refractivity contribution < 1.29 is 41.0 Å². The van der Waals surface area contributed by atoms with Gasteiger partial charge < -0.3 is 20.5 Å². The molecule has 2 rings (SSSR count). The maximum Gasteiger partial charge on any atom is 0.417 e. The van der Waals surface area contributed by atoms with Crippen LogP contribution in [-0.2, 0) is 14.3 Å². The topological polar surface area (TPSA) is 90.7 Å². The summed E-state index contributed by atoms with van der Waals surface area (Å²) in [5.74, 6) is -7.08. The van der Waals surface area contributed by atoms with Crippen molar-refractivity contribution in [3.05, 3.63) is 40.6 Å². The van der Waals surface area contributed by atoms with Gasteiger partial charge in [-0.15, -0.1) is 0 Å². The fourth-order valence-electron chi connectivity index (χ4n) is 4.10. The molecule has 1 fully saturated rings. The Morgan fingerprint density at radius 2 is 1.85 bits per heavy atom. The van der Waals surface area contributed by atoms with Crippen molar-refractivity contribution in [1.82, 2.24) is 5.32 Å². The third kappa shape index (κ3) is 4.97. The van der Waals surface area contributed by atoms with Crippen molar-refractivity contribution in [1.29, 1.82) is 0 Å². The Kier molecular flexibility index (Phi) is 7.78. The minimum atomic E-state index is -4.85. The molecule has 1 heterocycles. The number of hydrogen-bond acceptors (Lipinski definition) is 5. The predicted molar refractivity (Wildman–Crippen MR) is 109 cm³/mol. The first-order valence-electron chi connectivity index (χ1n) is 10.2. The minimum absolute atomic E-state index is 0.0569. The number of Topliss-reactive ketones (excluding diaryl/α,β-unsaturated/α-hetero) is 1. The summed E-state index contributed by atoms with van der Waals surface area (Å²) in [7, 11) is 1.05. The standard InChI is InChI=1S/C22H27F5N2O4/c1-10-16(14-6-7-15(23)17(24)18(14)32-5)19(33-21(10,4)22(25,26)27)20(31)29-9-8-13(11(2)28)12(3)30/h6-7,10,16,19H,8-9,28H2,1-5H3,(H,29,31)/b13-11-/t10-,16-,19+,21+/m0/s1. The summed E-state index contributed by atoms with van der Waals surface area (Å²) >= 11 is 0. The van der Waals surface area contributed by atoms with Gasteiger partial charge in [-0.2, -0.15) is 17.6 Å². The first kappa shape index (κ1) is 26.6. The van der Waals surface area contributed by atoms with Crippen LogP contribution in [0.5, 0.6) is 5.75 Å². The Bertz CT molecular complexity index is 959. The highest BCUT2D eigenvalue weighted by Crippen LogP contribution is 2.54. The Hall–Kier alpha value is -2.69. The SMILES string of the molecule is COc1c([C@H]2[C@H](C(=O)NCC/C(C(C)=O)=C(\C)N)O[C@@](C)(C(F)(F)F)[C@H]2C)ccc(F)c1F. The van der Waals surface area contributed by atoms with E-state index in [0.29, 0.717) is 0 Å². The Morgan fingerprint density at radius 1 is 1.24 bits per heavy atom. The molecule has 184 valence electrons. The number of halogens is 5. The zero-order valence-electron chi connectivity index (χ0n) is 18.9. The van der Waals surface area contributed by atoms with Crippen LogP contribution in [0.2, 0.25) is 0 Å². The highest BCUT2D eigenvalue weighted by atomic mass is 19.4. The second-order valence-electron chi connectivity index (χ2n) is 8.20. The Labute approximate surface area is 188 Å². The second kappa shape index (κ2) is 9.66. The van der Waals surface area contributed by atoms with E-state index in [0.717, 1.165) is 26.2 Å². The van der Waals surface area contributed by atoms with E-state index in [4.69, 9.17) is 15.2 Å². The van der Waals surface area contributed by atoms with E-state index in [1.54, 1.807) is 0 Å². The van der Waals surface area contributed by atoms with Crippen LogP contribution in [0.3, 0.4) is 0 Å². The van der Waals surface area contributed by atoms with E-state index in [-0.39, 0.29) is 35.6 Å². The molecule has 1 saturated heterocycles. The van der Waals surface area contributed by atoms with Gasteiger partial charge in [-0.25, -0.2) is 4.39 Å². The quantitative estimate of drug-likeness (QED) is 0.460. The van der Waals surface area contributed by atoms with E-state index in [2.05, 4.69) is 5.32 Å². The number of carbonyl (C=O) groups is 2. The largest absolute Gasteiger partial charge is 0.493 e. The van der Waals surface area contributed by atoms with Crippen molar-refractivity contribution in [2.24, 2.45) is 11.7 Å². The molecule has 1 aromatic rings. The Morgan fingerprint density at radius 3 is 2.33 bits per heavy atom. The number of alkyl halides is 3. The fraction of sp³-hybridized carbons (Fsp3) is 0.545. The van der Waals surface area contributed by atoms with Crippen molar-refractivity contribution in [3.63, 3.8) is 0 Å². The first-order valence-corrected chi connectivity index (χ1v) is 10.2. The molecule has 33 heavy (non-hydrogen) atoms. The van der Waals surface area contributed by atoms with E-state index in [1.807, 2.05) is 0 Å². The molecule has 1 aliphatic heterocycles. The zero-order valence-corrected chi connectivity index (χ0v) is 18.9. The van der Waals surface area contributed by atoms with Crippen LogP contribution in [0.25, 0.3) is 0 Å². The fourth-order valence-corrected chi connectivity index (χ4v) is 4.10. The van der Waals surface area contributed by atoms with Crippen LogP contribution in [0.4, 0.5) is 22.0 Å². The average Bonchev–Trinajstić information content (AvgIpc) is 2.98. The highest BCUT2D eigenvalue weighted by Gasteiger charge is 2.65. The van der Waals surface area contributed by atoms with Crippen LogP contribution < -0.4 is 15.8 Å². The number of allylic oxidation sites excluding steroid dienone is 1. The van der Waals surface area contributed by atoms with Crippen LogP contribution in [0, 0.1) is 17.6 Å². The lowest BCUT2D eigenvalue weighted by molar-refractivity contribution is -0.272. The van der Waals surface area contributed by atoms with Gasteiger partial charge in [0.2, 0.25) is 11.7 Å². The second-order valence-corrected chi connectivity index (χ2v) is 8.20. The monoisotopic (exact) mass is 478 g/mol. The molecule has 0 aromatic heterocycles. The van der Waals surface area contributed by atoms with Gasteiger partial charge in [0.15, 0.2) is 23.0 Å². The van der Waals surface area contributed by atoms with E-state index in [9.17, 15) is 31.5 Å². The van der Waals surface area contributed by atoms with Gasteiger partial charge in [0.05, 0.1) is 7.11 Å². The molecule has 0 radical (unpaired) electrons.